The van der Waals surface area contributed by atoms with Gasteiger partial charge in [-0.15, -0.1) is 0 Å². The molecule has 0 fully saturated rings. The van der Waals surface area contributed by atoms with Crippen molar-refractivity contribution in [3.05, 3.63) is 28.3 Å². The molecule has 0 aliphatic heterocycles. The van der Waals surface area contributed by atoms with Crippen molar-refractivity contribution in [2.24, 2.45) is 7.05 Å². The van der Waals surface area contributed by atoms with Gasteiger partial charge in [-0.2, -0.15) is 10.2 Å². The van der Waals surface area contributed by atoms with Gasteiger partial charge in [0, 0.05) is 20.3 Å². The van der Waals surface area contributed by atoms with E-state index < -0.39 is 6.04 Å². The topological polar surface area (TPSA) is 93.8 Å². The molecule has 8 nitrogen and oxygen atoms in total. The third-order valence-electron chi connectivity index (χ3n) is 3.75. The molecule has 1 unspecified atom stereocenters. The van der Waals surface area contributed by atoms with Gasteiger partial charge >= 0.3 is 0 Å². The molecule has 1 atom stereocenters. The third-order valence-corrected chi connectivity index (χ3v) is 4.30. The maximum atomic E-state index is 12.7. The SMILES string of the molecule is CCC(C(=O)Nc1cn(C)nc1C(=O)NC)n1nc(C)c(Cl)c1C. The van der Waals surface area contributed by atoms with Crippen LogP contribution in [-0.2, 0) is 11.8 Å². The summed E-state index contributed by atoms with van der Waals surface area (Å²) < 4.78 is 3.09. The summed E-state index contributed by atoms with van der Waals surface area (Å²) in [5, 5.41) is 14.2. The number of hydrogen-bond acceptors (Lipinski definition) is 4. The number of aromatic nitrogens is 4. The molecule has 0 aromatic carbocycles. The van der Waals surface area contributed by atoms with Crippen molar-refractivity contribution in [1.82, 2.24) is 24.9 Å². The van der Waals surface area contributed by atoms with Crippen LogP contribution in [0.5, 0.6) is 0 Å². The summed E-state index contributed by atoms with van der Waals surface area (Å²) in [7, 11) is 3.19. The maximum Gasteiger partial charge on any atom is 0.273 e. The predicted octanol–water partition coefficient (Wildman–Crippen LogP) is 1.84. The van der Waals surface area contributed by atoms with Crippen LogP contribution in [0.3, 0.4) is 0 Å². The van der Waals surface area contributed by atoms with Crippen LogP contribution < -0.4 is 10.6 Å². The maximum absolute atomic E-state index is 12.7. The first-order valence-corrected chi connectivity index (χ1v) is 7.95. The van der Waals surface area contributed by atoms with Gasteiger partial charge in [0.15, 0.2) is 5.69 Å². The predicted molar refractivity (Wildman–Crippen MR) is 91.3 cm³/mol. The van der Waals surface area contributed by atoms with Crippen molar-refractivity contribution >= 4 is 29.1 Å². The minimum absolute atomic E-state index is 0.162. The van der Waals surface area contributed by atoms with E-state index in [-0.39, 0.29) is 17.5 Å². The standard InChI is InChI=1S/C15H21ClN6O2/c1-6-11(22-9(3)12(16)8(2)19-22)14(23)18-10-7-21(5)20-13(10)15(24)17-4/h7,11H,6H2,1-5H3,(H,17,24)(H,18,23). The molecular formula is C15H21ClN6O2. The fraction of sp³-hybridized carbons (Fsp3) is 0.467. The zero-order valence-electron chi connectivity index (χ0n) is 14.3. The van der Waals surface area contributed by atoms with Crippen molar-refractivity contribution in [2.45, 2.75) is 33.2 Å². The lowest BCUT2D eigenvalue weighted by atomic mass is 10.2. The van der Waals surface area contributed by atoms with E-state index in [0.29, 0.717) is 22.8 Å². The smallest absolute Gasteiger partial charge is 0.273 e. The van der Waals surface area contributed by atoms with Gasteiger partial charge in [-0.1, -0.05) is 18.5 Å². The lowest BCUT2D eigenvalue weighted by Gasteiger charge is -2.17. The molecule has 24 heavy (non-hydrogen) atoms. The number of halogens is 1. The Bertz CT molecular complexity index is 779. The Labute approximate surface area is 145 Å². The van der Waals surface area contributed by atoms with E-state index in [2.05, 4.69) is 20.8 Å². The van der Waals surface area contributed by atoms with Crippen LogP contribution >= 0.6 is 11.6 Å². The van der Waals surface area contributed by atoms with E-state index in [1.54, 1.807) is 24.9 Å². The number of carbonyl (C=O) groups is 2. The molecule has 130 valence electrons. The zero-order valence-corrected chi connectivity index (χ0v) is 15.1. The van der Waals surface area contributed by atoms with Crippen molar-refractivity contribution in [1.29, 1.82) is 0 Å². The monoisotopic (exact) mass is 352 g/mol. The fourth-order valence-electron chi connectivity index (χ4n) is 2.50. The molecule has 2 N–H and O–H groups in total. The molecule has 0 saturated heterocycles. The second-order valence-corrected chi connectivity index (χ2v) is 5.86. The highest BCUT2D eigenvalue weighted by Crippen LogP contribution is 2.25. The lowest BCUT2D eigenvalue weighted by Crippen LogP contribution is -2.28. The third kappa shape index (κ3) is 3.28. The number of carbonyl (C=O) groups excluding carboxylic acids is 2. The summed E-state index contributed by atoms with van der Waals surface area (Å²) in [6, 6.07) is -0.533. The number of hydrogen-bond donors (Lipinski definition) is 2. The summed E-state index contributed by atoms with van der Waals surface area (Å²) >= 11 is 6.17. The molecule has 2 aromatic heterocycles. The molecule has 2 rings (SSSR count). The number of rotatable bonds is 5. The highest BCUT2D eigenvalue weighted by atomic mass is 35.5. The van der Waals surface area contributed by atoms with E-state index in [0.717, 1.165) is 5.69 Å². The molecule has 0 spiro atoms. The van der Waals surface area contributed by atoms with E-state index >= 15 is 0 Å². The van der Waals surface area contributed by atoms with Crippen molar-refractivity contribution < 1.29 is 9.59 Å². The minimum atomic E-state index is -0.533. The Kier molecular flexibility index (Phi) is 5.28. The Hall–Kier alpha value is -2.35. The van der Waals surface area contributed by atoms with Crippen LogP contribution in [0.4, 0.5) is 5.69 Å². The van der Waals surface area contributed by atoms with E-state index in [9.17, 15) is 9.59 Å². The van der Waals surface area contributed by atoms with Gasteiger partial charge in [0.05, 0.1) is 22.1 Å². The lowest BCUT2D eigenvalue weighted by molar-refractivity contribution is -0.119. The Morgan fingerprint density at radius 3 is 2.50 bits per heavy atom. The summed E-state index contributed by atoms with van der Waals surface area (Å²) in [5.74, 6) is -0.647. The minimum Gasteiger partial charge on any atom is -0.354 e. The molecule has 2 heterocycles. The first kappa shape index (κ1) is 18.0. The Morgan fingerprint density at radius 2 is 2.00 bits per heavy atom. The fourth-order valence-corrected chi connectivity index (χ4v) is 2.62. The Balaban J connectivity index is 2.31. The van der Waals surface area contributed by atoms with Crippen LogP contribution in [0.2, 0.25) is 5.02 Å². The molecule has 9 heteroatoms. The quantitative estimate of drug-likeness (QED) is 0.858. The van der Waals surface area contributed by atoms with Gasteiger partial charge in [-0.25, -0.2) is 0 Å². The molecule has 0 bridgehead atoms. The average molecular weight is 353 g/mol. The van der Waals surface area contributed by atoms with E-state index in [4.69, 9.17) is 11.6 Å². The van der Waals surface area contributed by atoms with Crippen LogP contribution in [0.15, 0.2) is 6.20 Å². The average Bonchev–Trinajstić information content (AvgIpc) is 3.02. The van der Waals surface area contributed by atoms with Crippen LogP contribution in [0.1, 0.15) is 41.3 Å². The molecular weight excluding hydrogens is 332 g/mol. The highest BCUT2D eigenvalue weighted by Gasteiger charge is 2.25. The van der Waals surface area contributed by atoms with Gasteiger partial charge in [0.1, 0.15) is 6.04 Å². The van der Waals surface area contributed by atoms with E-state index in [1.165, 1.54) is 11.7 Å². The normalized spacial score (nSPS) is 12.1. The molecule has 0 aliphatic rings. The van der Waals surface area contributed by atoms with E-state index in [1.807, 2.05) is 13.8 Å². The number of anilines is 1. The summed E-state index contributed by atoms with van der Waals surface area (Å²) in [6.45, 7) is 5.50. The van der Waals surface area contributed by atoms with Crippen LogP contribution in [-0.4, -0.2) is 38.4 Å². The second-order valence-electron chi connectivity index (χ2n) is 5.49. The molecule has 2 amide bonds. The van der Waals surface area contributed by atoms with Crippen LogP contribution in [0.25, 0.3) is 0 Å². The van der Waals surface area contributed by atoms with Gasteiger partial charge < -0.3 is 10.6 Å². The first-order chi connectivity index (χ1) is 11.3. The van der Waals surface area contributed by atoms with Crippen molar-refractivity contribution in [3.8, 4) is 0 Å². The molecule has 0 radical (unpaired) electrons. The van der Waals surface area contributed by atoms with Crippen LogP contribution in [0, 0.1) is 13.8 Å². The molecule has 0 saturated carbocycles. The van der Waals surface area contributed by atoms with Gasteiger partial charge in [-0.3, -0.25) is 19.0 Å². The Morgan fingerprint density at radius 1 is 1.33 bits per heavy atom. The number of aryl methyl sites for hydroxylation is 2. The summed E-state index contributed by atoms with van der Waals surface area (Å²) in [6.07, 6.45) is 2.11. The number of nitrogens with one attached hydrogen (secondary N) is 2. The van der Waals surface area contributed by atoms with Crippen molar-refractivity contribution in [3.63, 3.8) is 0 Å². The van der Waals surface area contributed by atoms with Gasteiger partial charge in [-0.05, 0) is 20.3 Å². The summed E-state index contributed by atoms with van der Waals surface area (Å²) in [5.41, 5.74) is 1.92. The largest absolute Gasteiger partial charge is 0.354 e. The number of nitrogens with zero attached hydrogens (tertiary/aromatic N) is 4. The number of amides is 2. The van der Waals surface area contributed by atoms with Gasteiger partial charge in [0.2, 0.25) is 5.91 Å². The highest BCUT2D eigenvalue weighted by molar-refractivity contribution is 6.31. The second kappa shape index (κ2) is 7.04. The first-order valence-electron chi connectivity index (χ1n) is 7.57. The molecule has 2 aromatic rings. The molecule has 0 aliphatic carbocycles. The van der Waals surface area contributed by atoms with Gasteiger partial charge in [0.25, 0.3) is 5.91 Å². The zero-order chi connectivity index (χ0) is 18.0. The van der Waals surface area contributed by atoms with Crippen molar-refractivity contribution in [2.75, 3.05) is 12.4 Å². The summed E-state index contributed by atoms with van der Waals surface area (Å²) in [4.78, 5) is 24.6.